The Bertz CT molecular complexity index is 160. The summed E-state index contributed by atoms with van der Waals surface area (Å²) in [6, 6.07) is 0. The summed E-state index contributed by atoms with van der Waals surface area (Å²) in [6.45, 7) is 0. The van der Waals surface area contributed by atoms with Crippen LogP contribution in [0.1, 0.15) is 12.8 Å². The molecule has 0 aromatic rings. The molecule has 0 aliphatic heterocycles. The lowest BCUT2D eigenvalue weighted by atomic mass is 11.0. The molecule has 0 radical (unpaired) electrons. The quantitative estimate of drug-likeness (QED) is 0.576. The van der Waals surface area contributed by atoms with Crippen molar-refractivity contribution in [2.45, 2.75) is 18.1 Å². The maximum atomic E-state index is 10.2. The lowest BCUT2D eigenvalue weighted by Crippen LogP contribution is -2.16. The number of primary sulfonamides is 1. The van der Waals surface area contributed by atoms with Gasteiger partial charge in [-0.15, -0.1) is 12.4 Å². The molecule has 0 bridgehead atoms. The highest BCUT2D eigenvalue weighted by atomic mass is 35.5. The maximum Gasteiger partial charge on any atom is 0.211 e. The van der Waals surface area contributed by atoms with Crippen LogP contribution in [0.25, 0.3) is 0 Å². The Balaban J connectivity index is 0.000000490. The number of halogens is 1. The molecule has 1 saturated carbocycles. The van der Waals surface area contributed by atoms with Crippen molar-refractivity contribution in [2.75, 3.05) is 0 Å². The van der Waals surface area contributed by atoms with E-state index in [4.69, 9.17) is 5.14 Å². The molecular formula is C3H8ClNO2S. The van der Waals surface area contributed by atoms with Crippen LogP contribution in [-0.4, -0.2) is 13.7 Å². The first kappa shape index (κ1) is 8.20. The molecular weight excluding hydrogens is 150 g/mol. The van der Waals surface area contributed by atoms with Gasteiger partial charge in [0.05, 0.1) is 5.25 Å². The predicted molar refractivity (Wildman–Crippen MR) is 33.4 cm³/mol. The lowest BCUT2D eigenvalue weighted by molar-refractivity contribution is 0.596. The van der Waals surface area contributed by atoms with Crippen molar-refractivity contribution >= 4 is 22.4 Å². The Kier molecular flexibility index (Phi) is 2.26. The molecule has 0 spiro atoms. The zero-order valence-corrected chi connectivity index (χ0v) is 5.83. The summed E-state index contributed by atoms with van der Waals surface area (Å²) < 4.78 is 20.3. The van der Waals surface area contributed by atoms with Crippen LogP contribution in [0, 0.1) is 0 Å². The van der Waals surface area contributed by atoms with Crippen LogP contribution in [0.4, 0.5) is 0 Å². The third-order valence-corrected chi connectivity index (χ3v) is 2.39. The van der Waals surface area contributed by atoms with Crippen molar-refractivity contribution in [3.63, 3.8) is 0 Å². The van der Waals surface area contributed by atoms with Crippen LogP contribution in [-0.2, 0) is 10.0 Å². The molecule has 0 aromatic carbocycles. The molecule has 50 valence electrons. The second kappa shape index (κ2) is 2.21. The van der Waals surface area contributed by atoms with Gasteiger partial charge in [-0.1, -0.05) is 0 Å². The summed E-state index contributed by atoms with van der Waals surface area (Å²) in [5.74, 6) is 0. The topological polar surface area (TPSA) is 60.2 Å². The van der Waals surface area contributed by atoms with Gasteiger partial charge >= 0.3 is 0 Å². The zero-order valence-electron chi connectivity index (χ0n) is 4.20. The van der Waals surface area contributed by atoms with Crippen LogP contribution < -0.4 is 5.14 Å². The SMILES string of the molecule is Cl.NS(=O)(=O)C1CC1. The molecule has 1 rings (SSSR count). The van der Waals surface area contributed by atoms with Crippen molar-refractivity contribution in [2.24, 2.45) is 5.14 Å². The number of hydrogen-bond donors (Lipinski definition) is 1. The van der Waals surface area contributed by atoms with Crippen molar-refractivity contribution in [3.8, 4) is 0 Å². The van der Waals surface area contributed by atoms with Crippen LogP contribution in [0.2, 0.25) is 0 Å². The van der Waals surface area contributed by atoms with E-state index in [9.17, 15) is 8.42 Å². The molecule has 1 aliphatic rings. The molecule has 2 N–H and O–H groups in total. The minimum Gasteiger partial charge on any atom is -0.228 e. The smallest absolute Gasteiger partial charge is 0.211 e. The van der Waals surface area contributed by atoms with Gasteiger partial charge < -0.3 is 0 Å². The van der Waals surface area contributed by atoms with Gasteiger partial charge in [0.25, 0.3) is 0 Å². The van der Waals surface area contributed by atoms with Crippen molar-refractivity contribution in [1.82, 2.24) is 0 Å². The van der Waals surface area contributed by atoms with E-state index in [1.165, 1.54) is 0 Å². The molecule has 0 amide bonds. The first-order valence-electron chi connectivity index (χ1n) is 2.12. The fourth-order valence-corrected chi connectivity index (χ4v) is 1.19. The van der Waals surface area contributed by atoms with Crippen molar-refractivity contribution < 1.29 is 8.42 Å². The van der Waals surface area contributed by atoms with E-state index in [0.717, 1.165) is 12.8 Å². The van der Waals surface area contributed by atoms with Crippen molar-refractivity contribution in [3.05, 3.63) is 0 Å². The molecule has 5 heteroatoms. The van der Waals surface area contributed by atoms with E-state index in [0.29, 0.717) is 0 Å². The van der Waals surface area contributed by atoms with Gasteiger partial charge in [0, 0.05) is 0 Å². The van der Waals surface area contributed by atoms with Crippen LogP contribution in [0.5, 0.6) is 0 Å². The van der Waals surface area contributed by atoms with E-state index in [1.807, 2.05) is 0 Å². The zero-order chi connectivity index (χ0) is 5.49. The van der Waals surface area contributed by atoms with Gasteiger partial charge in [-0.3, -0.25) is 0 Å². The van der Waals surface area contributed by atoms with Gasteiger partial charge in [-0.05, 0) is 12.8 Å². The standard InChI is InChI=1S/C3H7NO2S.ClH/c4-7(5,6)3-1-2-3;/h3H,1-2H2,(H2,4,5,6);1H. The Hall–Kier alpha value is 0.200. The summed E-state index contributed by atoms with van der Waals surface area (Å²) in [5.41, 5.74) is 0. The van der Waals surface area contributed by atoms with E-state index < -0.39 is 10.0 Å². The number of rotatable bonds is 1. The Labute approximate surface area is 54.7 Å². The van der Waals surface area contributed by atoms with Gasteiger partial charge in [0.1, 0.15) is 0 Å². The van der Waals surface area contributed by atoms with Gasteiger partial charge in [0.15, 0.2) is 0 Å². The third-order valence-electron chi connectivity index (χ3n) is 0.989. The molecule has 0 atom stereocenters. The minimum atomic E-state index is -3.13. The predicted octanol–water partition coefficient (Wildman–Crippen LogP) is -0.141. The molecule has 0 aromatic heterocycles. The summed E-state index contributed by atoms with van der Waals surface area (Å²) in [6.07, 6.45) is 1.53. The van der Waals surface area contributed by atoms with Crippen molar-refractivity contribution in [1.29, 1.82) is 0 Å². The summed E-state index contributed by atoms with van der Waals surface area (Å²) in [7, 11) is -3.13. The average Bonchev–Trinajstić information content (AvgIpc) is 1.99. The third kappa shape index (κ3) is 1.98. The van der Waals surface area contributed by atoms with E-state index >= 15 is 0 Å². The first-order chi connectivity index (χ1) is 3.11. The molecule has 1 aliphatic carbocycles. The maximum absolute atomic E-state index is 10.2. The summed E-state index contributed by atoms with van der Waals surface area (Å²) in [5, 5.41) is 4.51. The number of nitrogens with two attached hydrogens (primary N) is 1. The molecule has 0 heterocycles. The highest BCUT2D eigenvalue weighted by Crippen LogP contribution is 2.25. The van der Waals surface area contributed by atoms with Crippen LogP contribution >= 0.6 is 12.4 Å². The fourth-order valence-electron chi connectivity index (χ4n) is 0.397. The van der Waals surface area contributed by atoms with Crippen LogP contribution in [0.3, 0.4) is 0 Å². The van der Waals surface area contributed by atoms with Gasteiger partial charge in [-0.25, -0.2) is 13.6 Å². The number of sulfonamides is 1. The van der Waals surface area contributed by atoms with E-state index in [-0.39, 0.29) is 17.7 Å². The average molecular weight is 158 g/mol. The minimum absolute atomic E-state index is 0. The second-order valence-electron chi connectivity index (χ2n) is 1.79. The highest BCUT2D eigenvalue weighted by molar-refractivity contribution is 7.90. The molecule has 3 nitrogen and oxygen atoms in total. The summed E-state index contributed by atoms with van der Waals surface area (Å²) in [4.78, 5) is 0. The molecule has 0 saturated heterocycles. The van der Waals surface area contributed by atoms with Gasteiger partial charge in [0.2, 0.25) is 10.0 Å². The Morgan fingerprint density at radius 2 is 1.75 bits per heavy atom. The van der Waals surface area contributed by atoms with E-state index in [1.54, 1.807) is 0 Å². The van der Waals surface area contributed by atoms with Gasteiger partial charge in [-0.2, -0.15) is 0 Å². The Morgan fingerprint density at radius 3 is 1.75 bits per heavy atom. The van der Waals surface area contributed by atoms with Crippen LogP contribution in [0.15, 0.2) is 0 Å². The molecule has 0 unspecified atom stereocenters. The normalized spacial score (nSPS) is 19.6. The highest BCUT2D eigenvalue weighted by Gasteiger charge is 2.32. The largest absolute Gasteiger partial charge is 0.228 e. The lowest BCUT2D eigenvalue weighted by Gasteiger charge is -1.84. The Morgan fingerprint density at radius 1 is 1.38 bits per heavy atom. The fraction of sp³-hybridized carbons (Fsp3) is 1.00. The molecule has 8 heavy (non-hydrogen) atoms. The van der Waals surface area contributed by atoms with E-state index in [2.05, 4.69) is 0 Å². The number of hydrogen-bond acceptors (Lipinski definition) is 2. The molecule has 1 fully saturated rings. The first-order valence-corrected chi connectivity index (χ1v) is 3.73. The second-order valence-corrected chi connectivity index (χ2v) is 3.63. The monoisotopic (exact) mass is 157 g/mol. The summed E-state index contributed by atoms with van der Waals surface area (Å²) >= 11 is 0.